The van der Waals surface area contributed by atoms with Crippen molar-refractivity contribution in [2.24, 2.45) is 33.3 Å². The number of hydrogen-bond donors (Lipinski definition) is 6. The maximum absolute atomic E-state index is 13.3. The fraction of sp³-hybridized carbons (Fsp3) is 0.440. The van der Waals surface area contributed by atoms with E-state index in [0.29, 0.717) is 69.2 Å². The van der Waals surface area contributed by atoms with Crippen LogP contribution in [0.3, 0.4) is 0 Å². The molecule has 4 atom stereocenters. The van der Waals surface area contributed by atoms with Crippen molar-refractivity contribution in [2.75, 3.05) is 0 Å². The average Bonchev–Trinajstić information content (AvgIpc) is 0.853. The molecule has 0 spiro atoms. The second-order valence-electron chi connectivity index (χ2n) is 37.5. The van der Waals surface area contributed by atoms with Crippen LogP contribution in [0, 0.1) is 50.8 Å². The van der Waals surface area contributed by atoms with Gasteiger partial charge in [-0.25, -0.2) is 31.9 Å². The van der Waals surface area contributed by atoms with Gasteiger partial charge in [0.05, 0.1) is 24.4 Å². The Labute approximate surface area is 744 Å². The summed E-state index contributed by atoms with van der Waals surface area (Å²) in [6, 6.07) is 53.0. The summed E-state index contributed by atoms with van der Waals surface area (Å²) in [7, 11) is 0. The highest BCUT2D eigenvalue weighted by Gasteiger charge is 2.38. The van der Waals surface area contributed by atoms with Crippen LogP contribution in [0.2, 0.25) is 0 Å². The van der Waals surface area contributed by atoms with Crippen LogP contribution in [0.15, 0.2) is 194 Å². The van der Waals surface area contributed by atoms with Crippen LogP contribution in [-0.4, -0.2) is 96.0 Å². The van der Waals surface area contributed by atoms with Crippen molar-refractivity contribution >= 4 is 55.9 Å². The largest absolute Gasteiger partial charge is 0.489 e. The summed E-state index contributed by atoms with van der Waals surface area (Å²) in [5, 5.41) is 19.8. The zero-order valence-corrected chi connectivity index (χ0v) is 77.3. The van der Waals surface area contributed by atoms with Crippen LogP contribution in [0.4, 0.5) is 27.2 Å². The number of ketones is 2. The predicted molar refractivity (Wildman–Crippen MR) is 484 cm³/mol. The number of nitrogens with one attached hydrogen (secondary N) is 4. The lowest BCUT2D eigenvalue weighted by Gasteiger charge is -2.31. The van der Waals surface area contributed by atoms with E-state index < -0.39 is 75.2 Å². The summed E-state index contributed by atoms with van der Waals surface area (Å²) in [6.07, 6.45) is 0.507. The summed E-state index contributed by atoms with van der Waals surface area (Å²) in [4.78, 5) is 96.6. The van der Waals surface area contributed by atoms with Crippen molar-refractivity contribution in [1.82, 2.24) is 21.3 Å². The molecule has 0 fully saturated rings. The minimum atomic E-state index is -1.07. The molecule has 8 aromatic carbocycles. The van der Waals surface area contributed by atoms with Crippen molar-refractivity contribution in [3.8, 4) is 23.0 Å². The first-order chi connectivity index (χ1) is 58.0. The highest BCUT2D eigenvalue weighted by molar-refractivity contribution is 5.90. The molecule has 0 bridgehead atoms. The number of aryl methyl sites for hydroxylation is 2. The second-order valence-corrected chi connectivity index (χ2v) is 37.5. The summed E-state index contributed by atoms with van der Waals surface area (Å²) < 4.78 is 90.9. The number of carboxylic acids is 1. The van der Waals surface area contributed by atoms with E-state index in [9.17, 15) is 55.9 Å². The summed E-state index contributed by atoms with van der Waals surface area (Å²) in [5.41, 5.74) is 8.96. The number of esters is 1. The lowest BCUT2D eigenvalue weighted by Crippen LogP contribution is -2.50. The highest BCUT2D eigenvalue weighted by atomic mass is 19.1. The number of aliphatic carboxylic acids is 1. The molecular formula is C100H131BF4N5O16. The fourth-order valence-electron chi connectivity index (χ4n) is 11.8. The molecule has 3 radical (unpaired) electrons. The van der Waals surface area contributed by atoms with E-state index in [4.69, 9.17) is 44.0 Å². The lowest BCUT2D eigenvalue weighted by molar-refractivity contribution is -0.159. The van der Waals surface area contributed by atoms with Crippen LogP contribution in [0.5, 0.6) is 23.0 Å². The minimum absolute atomic E-state index is 0. The number of benzene rings is 8. The van der Waals surface area contributed by atoms with Crippen LogP contribution >= 0.6 is 0 Å². The smallest absolute Gasteiger partial charge is 0.408 e. The molecule has 0 aliphatic heterocycles. The van der Waals surface area contributed by atoms with Crippen molar-refractivity contribution < 1.29 is 94.2 Å². The number of carbonyl (C=O) groups excluding carboxylic acids is 7. The molecule has 126 heavy (non-hydrogen) atoms. The van der Waals surface area contributed by atoms with Crippen molar-refractivity contribution in [3.05, 3.63) is 262 Å². The summed E-state index contributed by atoms with van der Waals surface area (Å²) in [6.45, 7) is 42.0. The lowest BCUT2D eigenvalue weighted by atomic mass is 9.78. The number of alkyl carbamates (subject to hydrolysis) is 2. The first-order valence-corrected chi connectivity index (χ1v) is 41.6. The first kappa shape index (κ1) is 109. The van der Waals surface area contributed by atoms with Crippen molar-refractivity contribution in [1.29, 1.82) is 0 Å². The molecule has 26 heteroatoms. The average molecular weight is 1750 g/mol. The number of hydrogen-bond acceptors (Lipinski definition) is 16. The van der Waals surface area contributed by atoms with Crippen LogP contribution in [-0.2, 0) is 95.3 Å². The number of halogens is 4. The monoisotopic (exact) mass is 1740 g/mol. The van der Waals surface area contributed by atoms with E-state index in [1.165, 1.54) is 55.5 Å². The SMILES string of the molecule is CC(=O)N[C@@H](C(=O)CCc1ccc(OCc2cccc(F)c2)cc1)C(C)(C)C.CC(C)(C)OC(=O)C[C@@H](C(=O)NCc1ccc(OCc2cccc(F)c2)cc1)C(C)(C)C.CC(C)(C)OC(=O)N[C@@H](C(=O)CCc1ccc(OCc2cccc(F)c2)cc1)C(C)(C)C.CC(C)(C)OC(=O)N[C@@H](C(=O)O)C(C)(C)C.NCc1ccc(OCc2cccc(F)c2)cc1.[B]. The molecule has 683 valence electrons. The third-order valence-electron chi connectivity index (χ3n) is 18.2. The molecule has 0 aliphatic rings. The van der Waals surface area contributed by atoms with Gasteiger partial charge in [0.2, 0.25) is 11.8 Å². The van der Waals surface area contributed by atoms with E-state index in [0.717, 1.165) is 50.3 Å². The van der Waals surface area contributed by atoms with Crippen LogP contribution in [0.1, 0.15) is 216 Å². The van der Waals surface area contributed by atoms with Crippen molar-refractivity contribution in [2.45, 2.75) is 259 Å². The maximum atomic E-state index is 13.3. The predicted octanol–water partition coefficient (Wildman–Crippen LogP) is 20.2. The van der Waals surface area contributed by atoms with Gasteiger partial charge in [-0.05, 0) is 238 Å². The Balaban J connectivity index is 0.000000416. The van der Waals surface area contributed by atoms with E-state index in [1.807, 2.05) is 192 Å². The molecule has 7 N–H and O–H groups in total. The highest BCUT2D eigenvalue weighted by Crippen LogP contribution is 2.32. The van der Waals surface area contributed by atoms with Gasteiger partial charge >= 0.3 is 24.1 Å². The van der Waals surface area contributed by atoms with Gasteiger partial charge in [-0.3, -0.25) is 24.0 Å². The van der Waals surface area contributed by atoms with Crippen LogP contribution < -0.4 is 45.9 Å². The van der Waals surface area contributed by atoms with E-state index in [2.05, 4.69) is 21.3 Å². The second kappa shape index (κ2) is 50.6. The third kappa shape index (κ3) is 44.9. The Hall–Kier alpha value is -11.5. The molecule has 0 aliphatic carbocycles. The molecule has 8 rings (SSSR count). The standard InChI is InChI=1S/2C26H34FNO4.C23H28FNO3.C14H14FNO.C11H21NO4.B/c1-25(2,3)23(28-24(30)32-26(4,5)6)22(29)15-12-18-10-13-21(14-11-18)31-17-19-8-7-9-20(27)16-19;1-25(2,3)22(15-23(29)32-26(4,5)6)24(30)28-16-18-10-12-21(13-11-18)31-17-19-8-7-9-20(27)14-19;1-16(26)25-22(23(2,3)4)21(27)13-10-17-8-11-20(12-9-17)28-15-18-6-5-7-19(24)14-18;15-13-3-1-2-12(8-13)10-17-14-6-4-11(9-16)5-7-14;1-10(2,3)7(8(13)14)12-9(15)16-11(4,5)6;/h7-11,13-14,16,23H,12,15,17H2,1-6H3,(H,28,30);7-14,22H,15-17H2,1-6H3,(H,28,30);5-9,11-12,14,22H,10,13,15H2,1-4H3,(H,25,26);1-8H,9-10,16H2;7H,1-6H3,(H,12,15)(H,13,14);/t23-;2*22-;;7-;/m000.0./s1. The van der Waals surface area contributed by atoms with Crippen LogP contribution in [0.25, 0.3) is 0 Å². The number of nitrogens with two attached hydrogens (primary N) is 1. The Bertz CT molecular complexity index is 4580. The van der Waals surface area contributed by atoms with Gasteiger partial charge in [0.25, 0.3) is 0 Å². The third-order valence-corrected chi connectivity index (χ3v) is 18.2. The van der Waals surface area contributed by atoms with Gasteiger partial charge < -0.3 is 65.3 Å². The molecule has 0 heterocycles. The van der Waals surface area contributed by atoms with Gasteiger partial charge in [-0.2, -0.15) is 0 Å². The molecule has 0 aromatic heterocycles. The van der Waals surface area contributed by atoms with E-state index in [1.54, 1.807) is 98.7 Å². The molecule has 0 unspecified atom stereocenters. The number of carbonyl (C=O) groups is 8. The van der Waals surface area contributed by atoms with Crippen molar-refractivity contribution in [3.63, 3.8) is 0 Å². The Kier molecular flexibility index (Phi) is 43.6. The number of ether oxygens (including phenoxy) is 7. The van der Waals surface area contributed by atoms with E-state index >= 15 is 0 Å². The molecule has 0 saturated carbocycles. The topological polar surface area (TPSA) is 296 Å². The van der Waals surface area contributed by atoms with Gasteiger partial charge in [-0.1, -0.05) is 180 Å². The molecule has 0 saturated heterocycles. The zero-order valence-electron chi connectivity index (χ0n) is 77.3. The normalized spacial score (nSPS) is 12.4. The molecular weight excluding hydrogens is 1610 g/mol. The number of Topliss-reactive ketones (excluding diaryl/α,β-unsaturated/α-hetero) is 2. The molecule has 8 aromatic rings. The van der Waals surface area contributed by atoms with E-state index in [-0.39, 0.29) is 86.1 Å². The van der Waals surface area contributed by atoms with Gasteiger partial charge in [0.1, 0.15) is 95.5 Å². The molecule has 21 nitrogen and oxygen atoms in total. The zero-order chi connectivity index (χ0) is 93.8. The van der Waals surface area contributed by atoms with Gasteiger partial charge in [-0.15, -0.1) is 0 Å². The number of rotatable bonds is 30. The number of amides is 4. The minimum Gasteiger partial charge on any atom is -0.489 e. The fourth-order valence-corrected chi connectivity index (χ4v) is 11.8. The van der Waals surface area contributed by atoms with Gasteiger partial charge in [0, 0.05) is 41.3 Å². The van der Waals surface area contributed by atoms with Gasteiger partial charge in [0.15, 0.2) is 11.6 Å². The first-order valence-electron chi connectivity index (χ1n) is 41.6. The number of carboxylic acid groups (broad SMARTS) is 1. The summed E-state index contributed by atoms with van der Waals surface area (Å²) in [5.74, 6) is -0.720. The maximum Gasteiger partial charge on any atom is 0.408 e. The summed E-state index contributed by atoms with van der Waals surface area (Å²) >= 11 is 0. The Morgan fingerprint density at radius 1 is 0.365 bits per heavy atom. The quantitative estimate of drug-likeness (QED) is 0.0105. The molecule has 4 amide bonds. The Morgan fingerprint density at radius 2 is 0.651 bits per heavy atom. The Morgan fingerprint density at radius 3 is 0.913 bits per heavy atom.